The third-order valence-electron chi connectivity index (χ3n) is 5.45. The number of nitrogens with zero attached hydrogens (tertiary/aromatic N) is 1. The van der Waals surface area contributed by atoms with Crippen LogP contribution < -0.4 is 11.1 Å². The maximum atomic E-state index is 5.08. The lowest BCUT2D eigenvalue weighted by atomic mass is 9.71. The van der Waals surface area contributed by atoms with Gasteiger partial charge < -0.3 is 11.1 Å². The summed E-state index contributed by atoms with van der Waals surface area (Å²) < 4.78 is 1.13. The Bertz CT molecular complexity index is 942. The van der Waals surface area contributed by atoms with Crippen molar-refractivity contribution in [3.8, 4) is 0 Å². The van der Waals surface area contributed by atoms with Crippen LogP contribution in [0.15, 0.2) is 53.5 Å². The lowest BCUT2D eigenvalue weighted by Gasteiger charge is -2.34. The number of rotatable bonds is 3. The summed E-state index contributed by atoms with van der Waals surface area (Å²) in [5, 5.41) is 4.18. The van der Waals surface area contributed by atoms with E-state index in [1.807, 2.05) is 43.5 Å². The fraction of sp³-hybridized carbons (Fsp3) is 0.423. The van der Waals surface area contributed by atoms with Crippen molar-refractivity contribution in [2.24, 2.45) is 17.1 Å². The summed E-state index contributed by atoms with van der Waals surface area (Å²) in [5.41, 5.74) is 8.26. The molecule has 0 saturated carbocycles. The summed E-state index contributed by atoms with van der Waals surface area (Å²) in [5.74, 6) is 0.775. The topological polar surface area (TPSA) is 50.9 Å². The van der Waals surface area contributed by atoms with Gasteiger partial charge >= 0.3 is 0 Å². The van der Waals surface area contributed by atoms with E-state index >= 15 is 0 Å². The first-order valence-corrected chi connectivity index (χ1v) is 12.5. The highest BCUT2D eigenvalue weighted by atomic mass is 79.9. The Kier molecular flexibility index (Phi) is 10.4. The molecule has 31 heavy (non-hydrogen) atoms. The van der Waals surface area contributed by atoms with Crippen LogP contribution in [0.5, 0.6) is 0 Å². The number of pyridine rings is 1. The molecule has 1 unspecified atom stereocenters. The first-order chi connectivity index (χ1) is 14.8. The Hall–Kier alpha value is -1.53. The van der Waals surface area contributed by atoms with Crippen LogP contribution in [0.1, 0.15) is 43.3 Å². The van der Waals surface area contributed by atoms with E-state index in [0.717, 1.165) is 29.9 Å². The predicted octanol–water partition coefficient (Wildman–Crippen LogP) is 6.70. The highest BCUT2D eigenvalue weighted by Gasteiger charge is 2.29. The number of halogens is 1. The number of fused-ring (bicyclic) bond motifs is 2. The summed E-state index contributed by atoms with van der Waals surface area (Å²) in [6, 6.07) is 14.5. The second-order valence-electron chi connectivity index (χ2n) is 8.84. The van der Waals surface area contributed by atoms with Crippen LogP contribution in [0.3, 0.4) is 0 Å². The maximum absolute atomic E-state index is 5.08. The van der Waals surface area contributed by atoms with E-state index in [1.165, 1.54) is 39.2 Å². The van der Waals surface area contributed by atoms with Crippen LogP contribution in [0.25, 0.3) is 16.3 Å². The van der Waals surface area contributed by atoms with Gasteiger partial charge in [-0.05, 0) is 67.5 Å². The van der Waals surface area contributed by atoms with Gasteiger partial charge in [0.25, 0.3) is 0 Å². The van der Waals surface area contributed by atoms with Crippen molar-refractivity contribution >= 4 is 43.6 Å². The number of benzene rings is 1. The van der Waals surface area contributed by atoms with E-state index in [-0.39, 0.29) is 0 Å². The van der Waals surface area contributed by atoms with Gasteiger partial charge in [0.05, 0.1) is 0 Å². The average Bonchev–Trinajstić information content (AvgIpc) is 3.15. The van der Waals surface area contributed by atoms with Crippen LogP contribution in [0, 0.1) is 11.3 Å². The molecule has 0 fully saturated rings. The minimum absolute atomic E-state index is 0.396. The molecule has 1 aliphatic rings. The van der Waals surface area contributed by atoms with Crippen molar-refractivity contribution < 1.29 is 0 Å². The van der Waals surface area contributed by atoms with Crippen LogP contribution >= 0.6 is 27.3 Å². The monoisotopic (exact) mass is 501 g/mol. The van der Waals surface area contributed by atoms with Gasteiger partial charge in [-0.15, -0.1) is 11.3 Å². The number of nitrogens with one attached hydrogen (secondary N) is 1. The summed E-state index contributed by atoms with van der Waals surface area (Å²) >= 11 is 5.06. The second kappa shape index (κ2) is 12.5. The Morgan fingerprint density at radius 3 is 2.45 bits per heavy atom. The third kappa shape index (κ3) is 8.15. The van der Waals surface area contributed by atoms with Crippen LogP contribution in [0.2, 0.25) is 0 Å². The van der Waals surface area contributed by atoms with E-state index in [2.05, 4.69) is 60.7 Å². The largest absolute Gasteiger partial charge is 0.329 e. The minimum atomic E-state index is 0.396. The van der Waals surface area contributed by atoms with Crippen molar-refractivity contribution in [3.63, 3.8) is 0 Å². The zero-order valence-corrected chi connectivity index (χ0v) is 21.7. The molecule has 0 saturated heterocycles. The molecule has 3 N–H and O–H groups in total. The molecule has 1 atom stereocenters. The lowest BCUT2D eigenvalue weighted by molar-refractivity contribution is 0.215. The van der Waals surface area contributed by atoms with Crippen molar-refractivity contribution in [3.05, 3.63) is 69.7 Å². The van der Waals surface area contributed by atoms with Gasteiger partial charge in [0.1, 0.15) is 4.83 Å². The van der Waals surface area contributed by atoms with Gasteiger partial charge in [-0.2, -0.15) is 0 Å². The van der Waals surface area contributed by atoms with Gasteiger partial charge in [-0.25, -0.2) is 4.98 Å². The molecule has 3 aromatic rings. The Labute approximate surface area is 200 Å². The molecule has 168 valence electrons. The number of aryl methyl sites for hydroxylation is 1. The van der Waals surface area contributed by atoms with Crippen molar-refractivity contribution in [2.45, 2.75) is 40.0 Å². The zero-order chi connectivity index (χ0) is 22.9. The van der Waals surface area contributed by atoms with Gasteiger partial charge in [-0.3, -0.25) is 0 Å². The first-order valence-electron chi connectivity index (χ1n) is 10.9. The molecule has 0 spiro atoms. The second-order valence-corrected chi connectivity index (χ2v) is 10.8. The average molecular weight is 503 g/mol. The molecule has 0 aliphatic heterocycles. The number of hydrogen-bond acceptors (Lipinski definition) is 4. The predicted molar refractivity (Wildman–Crippen MR) is 142 cm³/mol. The number of aromatic nitrogens is 1. The maximum Gasteiger partial charge on any atom is 0.124 e. The van der Waals surface area contributed by atoms with E-state index in [0.29, 0.717) is 5.41 Å². The molecule has 1 aromatic carbocycles. The van der Waals surface area contributed by atoms with E-state index in [4.69, 9.17) is 10.7 Å². The lowest BCUT2D eigenvalue weighted by Crippen LogP contribution is -2.27. The molecule has 2 heterocycles. The van der Waals surface area contributed by atoms with Gasteiger partial charge in [0, 0.05) is 33.5 Å². The summed E-state index contributed by atoms with van der Waals surface area (Å²) in [4.78, 5) is 7.26. The molecule has 2 aromatic heterocycles. The van der Waals surface area contributed by atoms with E-state index in [1.54, 1.807) is 11.3 Å². The summed E-state index contributed by atoms with van der Waals surface area (Å²) in [6.45, 7) is 12.6. The molecule has 1 aliphatic carbocycles. The Morgan fingerprint density at radius 1 is 1.26 bits per heavy atom. The Morgan fingerprint density at radius 2 is 1.97 bits per heavy atom. The van der Waals surface area contributed by atoms with Crippen LogP contribution in [-0.2, 0) is 12.8 Å². The molecule has 0 radical (unpaired) electrons. The number of thiophene rings is 1. The zero-order valence-electron chi connectivity index (χ0n) is 19.2. The summed E-state index contributed by atoms with van der Waals surface area (Å²) in [6.07, 6.45) is 5.51. The van der Waals surface area contributed by atoms with Gasteiger partial charge in [0.15, 0.2) is 0 Å². The van der Waals surface area contributed by atoms with Crippen molar-refractivity contribution in [2.75, 3.05) is 20.1 Å². The molecule has 0 bridgehead atoms. The quantitative estimate of drug-likeness (QED) is 0.419. The molecule has 4 rings (SSSR count). The number of nitrogens with two attached hydrogens (primary N) is 1. The molecule has 5 heteroatoms. The molecular weight excluding hydrogens is 466 g/mol. The van der Waals surface area contributed by atoms with E-state index < -0.39 is 0 Å². The van der Waals surface area contributed by atoms with Crippen LogP contribution in [0.4, 0.5) is 0 Å². The highest BCUT2D eigenvalue weighted by Crippen LogP contribution is 2.38. The SMILES string of the molecule is Brc1ccccc1.C=Cc1cc2cc3c(nc2s1)CCC(C(C)(C)C)C3.CNCCN. The smallest absolute Gasteiger partial charge is 0.124 e. The normalized spacial score (nSPS) is 15.2. The highest BCUT2D eigenvalue weighted by molar-refractivity contribution is 9.10. The summed E-state index contributed by atoms with van der Waals surface area (Å²) in [7, 11) is 1.88. The van der Waals surface area contributed by atoms with Gasteiger partial charge in [-0.1, -0.05) is 67.6 Å². The van der Waals surface area contributed by atoms with E-state index in [9.17, 15) is 0 Å². The number of likely N-dealkylation sites (N-methyl/N-ethyl adjacent to an activating group) is 1. The minimum Gasteiger partial charge on any atom is -0.329 e. The van der Waals surface area contributed by atoms with Gasteiger partial charge in [0.2, 0.25) is 0 Å². The fourth-order valence-corrected chi connectivity index (χ4v) is 4.73. The molecular formula is C26H36BrN3S. The number of hydrogen-bond donors (Lipinski definition) is 2. The van der Waals surface area contributed by atoms with Crippen molar-refractivity contribution in [1.29, 1.82) is 0 Å². The van der Waals surface area contributed by atoms with Crippen molar-refractivity contribution in [1.82, 2.24) is 10.3 Å². The third-order valence-corrected chi connectivity index (χ3v) is 7.01. The Balaban J connectivity index is 0.000000234. The molecule has 3 nitrogen and oxygen atoms in total. The molecule has 0 amide bonds. The fourth-order valence-electron chi connectivity index (χ4n) is 3.54. The first kappa shape index (κ1) is 25.7. The standard InChI is InChI=1S/C17H21NS.C6H5Br.C3H10N2/c1-5-14-10-12-8-11-9-13(17(2,3)4)6-7-15(11)18-16(12)19-14;7-6-4-2-1-3-5-6;1-5-3-2-4/h5,8,10,13H,1,6-7,9H2,2-4H3;1-5H;5H,2-4H2,1H3. The van der Waals surface area contributed by atoms with Crippen LogP contribution in [-0.4, -0.2) is 25.1 Å².